The van der Waals surface area contributed by atoms with Crippen LogP contribution in [0.25, 0.3) is 10.9 Å². The Morgan fingerprint density at radius 2 is 2.26 bits per heavy atom. The first-order valence-corrected chi connectivity index (χ1v) is 7.46. The van der Waals surface area contributed by atoms with E-state index in [-0.39, 0.29) is 12.2 Å². The molecule has 100 valence electrons. The van der Waals surface area contributed by atoms with Crippen molar-refractivity contribution in [3.63, 3.8) is 0 Å². The Hall–Kier alpha value is -1.13. The van der Waals surface area contributed by atoms with E-state index in [9.17, 15) is 0 Å². The molecule has 0 saturated heterocycles. The van der Waals surface area contributed by atoms with Gasteiger partial charge in [0.1, 0.15) is 18.0 Å². The predicted octanol–water partition coefficient (Wildman–Crippen LogP) is 3.55. The van der Waals surface area contributed by atoms with Crippen LogP contribution in [-0.2, 0) is 4.74 Å². The van der Waals surface area contributed by atoms with E-state index in [0.717, 1.165) is 23.1 Å². The summed E-state index contributed by atoms with van der Waals surface area (Å²) >= 11 is 3.60. The molecule has 1 aromatic carbocycles. The Labute approximate surface area is 121 Å². The molecule has 0 amide bonds. The van der Waals surface area contributed by atoms with Crippen molar-refractivity contribution in [2.45, 2.75) is 30.4 Å². The predicted molar refractivity (Wildman–Crippen MR) is 78.9 cm³/mol. The van der Waals surface area contributed by atoms with Gasteiger partial charge < -0.3 is 9.47 Å². The van der Waals surface area contributed by atoms with Gasteiger partial charge in [-0.2, -0.15) is 0 Å². The van der Waals surface area contributed by atoms with Crippen molar-refractivity contribution in [2.24, 2.45) is 0 Å². The summed E-state index contributed by atoms with van der Waals surface area (Å²) in [7, 11) is 0. The van der Waals surface area contributed by atoms with Gasteiger partial charge in [0.25, 0.3) is 0 Å². The first kappa shape index (κ1) is 12.9. The van der Waals surface area contributed by atoms with Gasteiger partial charge in [0.15, 0.2) is 0 Å². The van der Waals surface area contributed by atoms with E-state index in [2.05, 4.69) is 20.9 Å². The van der Waals surface area contributed by atoms with Gasteiger partial charge in [-0.05, 0) is 25.1 Å². The van der Waals surface area contributed by atoms with Crippen LogP contribution in [-0.4, -0.2) is 28.6 Å². The SMILES string of the molecule is CCOC1C(Br)CC1Oc1ccc2cccnc2c1. The number of fused-ring (bicyclic) bond motifs is 1. The van der Waals surface area contributed by atoms with Crippen molar-refractivity contribution in [3.05, 3.63) is 36.5 Å². The third-order valence-electron chi connectivity index (χ3n) is 3.40. The average Bonchev–Trinajstić information content (AvgIpc) is 2.44. The van der Waals surface area contributed by atoms with E-state index in [0.29, 0.717) is 11.4 Å². The third-order valence-corrected chi connectivity index (χ3v) is 4.30. The minimum absolute atomic E-state index is 0.130. The molecule has 1 saturated carbocycles. The number of hydrogen-bond acceptors (Lipinski definition) is 3. The largest absolute Gasteiger partial charge is 0.488 e. The summed E-state index contributed by atoms with van der Waals surface area (Å²) < 4.78 is 11.7. The summed E-state index contributed by atoms with van der Waals surface area (Å²) in [5.41, 5.74) is 0.961. The molecule has 0 N–H and O–H groups in total. The molecule has 3 nitrogen and oxygen atoms in total. The number of ether oxygens (including phenoxy) is 2. The number of aromatic nitrogens is 1. The van der Waals surface area contributed by atoms with Gasteiger partial charge >= 0.3 is 0 Å². The first-order chi connectivity index (χ1) is 9.28. The normalized spacial score (nSPS) is 26.1. The maximum Gasteiger partial charge on any atom is 0.127 e. The van der Waals surface area contributed by atoms with Gasteiger partial charge in [0, 0.05) is 35.5 Å². The molecule has 1 aromatic heterocycles. The molecule has 4 heteroatoms. The van der Waals surface area contributed by atoms with Crippen LogP contribution in [0.15, 0.2) is 36.5 Å². The standard InChI is InChI=1S/C15H16BrNO2/c1-2-18-15-12(16)9-14(15)19-11-6-5-10-4-3-7-17-13(10)8-11/h3-8,12,14-15H,2,9H2,1H3. The van der Waals surface area contributed by atoms with Crippen LogP contribution in [0.3, 0.4) is 0 Å². The van der Waals surface area contributed by atoms with Gasteiger partial charge in [-0.3, -0.25) is 4.98 Å². The second-order valence-electron chi connectivity index (χ2n) is 4.69. The third kappa shape index (κ3) is 2.60. The Bertz CT molecular complexity index is 575. The first-order valence-electron chi connectivity index (χ1n) is 6.55. The summed E-state index contributed by atoms with van der Waals surface area (Å²) in [6.45, 7) is 2.72. The van der Waals surface area contributed by atoms with E-state index >= 15 is 0 Å². The monoisotopic (exact) mass is 321 g/mol. The highest BCUT2D eigenvalue weighted by Gasteiger charge is 2.42. The Morgan fingerprint density at radius 3 is 3.05 bits per heavy atom. The Morgan fingerprint density at radius 1 is 1.37 bits per heavy atom. The molecule has 1 aliphatic rings. The number of rotatable bonds is 4. The number of benzene rings is 1. The molecule has 1 fully saturated rings. The lowest BCUT2D eigenvalue weighted by Gasteiger charge is -2.40. The molecule has 0 radical (unpaired) electrons. The minimum Gasteiger partial charge on any atom is -0.488 e. The highest BCUT2D eigenvalue weighted by atomic mass is 79.9. The van der Waals surface area contributed by atoms with Crippen molar-refractivity contribution >= 4 is 26.8 Å². The van der Waals surface area contributed by atoms with Gasteiger partial charge in [-0.25, -0.2) is 0 Å². The van der Waals surface area contributed by atoms with Crippen LogP contribution in [0.1, 0.15) is 13.3 Å². The molecular formula is C15H16BrNO2. The molecule has 1 aliphatic carbocycles. The summed E-state index contributed by atoms with van der Waals surface area (Å²) in [5, 5.41) is 1.13. The van der Waals surface area contributed by atoms with Crippen LogP contribution in [0.5, 0.6) is 5.75 Å². The Kier molecular flexibility index (Phi) is 3.71. The second-order valence-corrected chi connectivity index (χ2v) is 5.86. The van der Waals surface area contributed by atoms with Crippen molar-refractivity contribution in [1.29, 1.82) is 0 Å². The molecule has 3 rings (SSSR count). The number of alkyl halides is 1. The molecule has 1 heterocycles. The van der Waals surface area contributed by atoms with Crippen molar-refractivity contribution in [3.8, 4) is 5.75 Å². The summed E-state index contributed by atoms with van der Waals surface area (Å²) in [6.07, 6.45) is 3.05. The van der Waals surface area contributed by atoms with Crippen LogP contribution < -0.4 is 4.74 Å². The zero-order valence-corrected chi connectivity index (χ0v) is 12.3. The van der Waals surface area contributed by atoms with E-state index < -0.39 is 0 Å². The quantitative estimate of drug-likeness (QED) is 0.807. The number of pyridine rings is 1. The highest BCUT2D eigenvalue weighted by molar-refractivity contribution is 9.09. The van der Waals surface area contributed by atoms with E-state index in [4.69, 9.17) is 9.47 Å². The smallest absolute Gasteiger partial charge is 0.127 e. The molecule has 3 atom stereocenters. The van der Waals surface area contributed by atoms with Gasteiger partial charge in [0.2, 0.25) is 0 Å². The van der Waals surface area contributed by atoms with Crippen molar-refractivity contribution in [2.75, 3.05) is 6.61 Å². The fraction of sp³-hybridized carbons (Fsp3) is 0.400. The van der Waals surface area contributed by atoms with Gasteiger partial charge in [-0.15, -0.1) is 0 Å². The molecule has 19 heavy (non-hydrogen) atoms. The lowest BCUT2D eigenvalue weighted by atomic mass is 9.91. The summed E-state index contributed by atoms with van der Waals surface area (Å²) in [5.74, 6) is 0.861. The lowest BCUT2D eigenvalue weighted by Crippen LogP contribution is -2.52. The number of nitrogens with zero attached hydrogens (tertiary/aromatic N) is 1. The molecule has 2 aromatic rings. The van der Waals surface area contributed by atoms with E-state index in [1.165, 1.54) is 0 Å². The minimum atomic E-state index is 0.130. The van der Waals surface area contributed by atoms with Crippen molar-refractivity contribution < 1.29 is 9.47 Å². The number of hydrogen-bond donors (Lipinski definition) is 0. The topological polar surface area (TPSA) is 31.4 Å². The molecule has 3 unspecified atom stereocenters. The Balaban J connectivity index is 1.75. The maximum absolute atomic E-state index is 6.00. The summed E-state index contributed by atoms with van der Waals surface area (Å²) in [4.78, 5) is 4.74. The fourth-order valence-corrected chi connectivity index (χ4v) is 3.20. The molecular weight excluding hydrogens is 306 g/mol. The van der Waals surface area contributed by atoms with Crippen LogP contribution in [0, 0.1) is 0 Å². The lowest BCUT2D eigenvalue weighted by molar-refractivity contribution is -0.0722. The molecule has 0 aliphatic heterocycles. The number of halogens is 1. The summed E-state index contributed by atoms with van der Waals surface area (Å²) in [6, 6.07) is 10.0. The molecule has 0 bridgehead atoms. The van der Waals surface area contributed by atoms with Crippen LogP contribution in [0.2, 0.25) is 0 Å². The molecule has 0 spiro atoms. The zero-order valence-electron chi connectivity index (χ0n) is 10.8. The zero-order chi connectivity index (χ0) is 13.2. The maximum atomic E-state index is 6.00. The second kappa shape index (κ2) is 5.47. The van der Waals surface area contributed by atoms with E-state index in [1.807, 2.05) is 37.3 Å². The van der Waals surface area contributed by atoms with E-state index in [1.54, 1.807) is 6.20 Å². The fourth-order valence-electron chi connectivity index (χ4n) is 2.34. The van der Waals surface area contributed by atoms with Crippen LogP contribution >= 0.6 is 15.9 Å². The van der Waals surface area contributed by atoms with Crippen LogP contribution in [0.4, 0.5) is 0 Å². The highest BCUT2D eigenvalue weighted by Crippen LogP contribution is 2.34. The van der Waals surface area contributed by atoms with Crippen molar-refractivity contribution in [1.82, 2.24) is 4.98 Å². The van der Waals surface area contributed by atoms with Gasteiger partial charge in [-0.1, -0.05) is 22.0 Å². The average molecular weight is 322 g/mol. The van der Waals surface area contributed by atoms with Gasteiger partial charge in [0.05, 0.1) is 5.52 Å².